The van der Waals surface area contributed by atoms with E-state index in [1.807, 2.05) is 30.0 Å². The van der Waals surface area contributed by atoms with E-state index in [2.05, 4.69) is 37.0 Å². The fraction of sp³-hybridized carbons (Fsp3) is 0.333. The van der Waals surface area contributed by atoms with Crippen molar-refractivity contribution in [2.24, 2.45) is 0 Å². The zero-order chi connectivity index (χ0) is 18.8. The number of aromatic amines is 1. The van der Waals surface area contributed by atoms with Gasteiger partial charge in [-0.3, -0.25) is 4.79 Å². The predicted octanol–water partition coefficient (Wildman–Crippen LogP) is 2.84. The number of aromatic nitrogens is 4. The van der Waals surface area contributed by atoms with Crippen molar-refractivity contribution < 1.29 is 4.79 Å². The Balaban J connectivity index is 1.40. The quantitative estimate of drug-likeness (QED) is 0.410. The number of rotatable bonds is 4. The number of piperazine rings is 1. The third-order valence-electron chi connectivity index (χ3n) is 4.57. The van der Waals surface area contributed by atoms with Gasteiger partial charge in [-0.1, -0.05) is 30.0 Å². The molecular formula is C18H19ClN6OS. The summed E-state index contributed by atoms with van der Waals surface area (Å²) in [4.78, 5) is 32.6. The average molecular weight is 403 g/mol. The maximum absolute atomic E-state index is 12.9. The predicted molar refractivity (Wildman–Crippen MR) is 107 cm³/mol. The van der Waals surface area contributed by atoms with Gasteiger partial charge >= 0.3 is 0 Å². The number of benzene rings is 1. The van der Waals surface area contributed by atoms with E-state index in [1.165, 1.54) is 17.4 Å². The van der Waals surface area contributed by atoms with E-state index in [0.29, 0.717) is 29.3 Å². The number of hydrogen-bond donors (Lipinski definition) is 1. The van der Waals surface area contributed by atoms with Gasteiger partial charge in [0, 0.05) is 31.9 Å². The molecule has 1 saturated heterocycles. The number of carbonyl (C=O) groups is 1. The van der Waals surface area contributed by atoms with Crippen molar-refractivity contribution in [2.45, 2.75) is 17.2 Å². The highest BCUT2D eigenvalue weighted by Gasteiger charge is 2.26. The van der Waals surface area contributed by atoms with Crippen LogP contribution < -0.4 is 4.90 Å². The number of fused-ring (bicyclic) bond motifs is 1. The highest BCUT2D eigenvalue weighted by Crippen LogP contribution is 2.29. The van der Waals surface area contributed by atoms with Gasteiger partial charge in [-0.2, -0.15) is 4.98 Å². The van der Waals surface area contributed by atoms with Crippen LogP contribution in [0.3, 0.4) is 0 Å². The molecule has 140 valence electrons. The van der Waals surface area contributed by atoms with E-state index >= 15 is 0 Å². The van der Waals surface area contributed by atoms with Crippen molar-refractivity contribution >= 4 is 46.1 Å². The van der Waals surface area contributed by atoms with Crippen molar-refractivity contribution in [1.29, 1.82) is 0 Å². The number of nitrogens with zero attached hydrogens (tertiary/aromatic N) is 5. The number of imidazole rings is 1. The summed E-state index contributed by atoms with van der Waals surface area (Å²) in [7, 11) is 0. The van der Waals surface area contributed by atoms with Crippen LogP contribution in [0, 0.1) is 0 Å². The summed E-state index contributed by atoms with van der Waals surface area (Å²) in [5, 5.41) is 0.505. The lowest BCUT2D eigenvalue weighted by molar-refractivity contribution is -0.130. The number of para-hydroxylation sites is 1. The van der Waals surface area contributed by atoms with Gasteiger partial charge in [0.05, 0.1) is 11.6 Å². The third-order valence-corrected chi connectivity index (χ3v) is 5.82. The van der Waals surface area contributed by atoms with E-state index in [-0.39, 0.29) is 16.4 Å². The van der Waals surface area contributed by atoms with Gasteiger partial charge in [-0.25, -0.2) is 9.97 Å². The number of H-pyrrole nitrogens is 1. The molecule has 0 bridgehead atoms. The first-order valence-corrected chi connectivity index (χ1v) is 9.99. The largest absolute Gasteiger partial charge is 0.368 e. The molecule has 1 atom stereocenters. The number of nitrogens with one attached hydrogen (secondary N) is 1. The molecule has 0 saturated carbocycles. The number of thioether (sulfide) groups is 1. The van der Waals surface area contributed by atoms with Crippen molar-refractivity contribution in [2.75, 3.05) is 31.1 Å². The Kier molecular flexibility index (Phi) is 5.18. The van der Waals surface area contributed by atoms with Crippen LogP contribution in [-0.4, -0.2) is 62.2 Å². The van der Waals surface area contributed by atoms with Gasteiger partial charge in [0.2, 0.25) is 11.2 Å². The molecule has 1 aliphatic heterocycles. The maximum Gasteiger partial charge on any atom is 0.235 e. The standard InChI is InChI=1S/C18H19ClN6OS/c1-12(27-16-14-15(21-11-20-14)22-18(19)23-16)17(26)25-9-7-24(8-10-25)13-5-3-2-4-6-13/h2-6,11-12H,7-10H2,1H3,(H,20,21,22,23)/t12-/m0/s1. The first-order chi connectivity index (χ1) is 13.1. The minimum atomic E-state index is -0.272. The van der Waals surface area contributed by atoms with Crippen molar-refractivity contribution in [3.8, 4) is 0 Å². The summed E-state index contributed by atoms with van der Waals surface area (Å²) >= 11 is 7.36. The Labute approximate surface area is 166 Å². The van der Waals surface area contributed by atoms with Gasteiger partial charge in [-0.15, -0.1) is 0 Å². The molecule has 27 heavy (non-hydrogen) atoms. The van der Waals surface area contributed by atoms with Gasteiger partial charge in [0.25, 0.3) is 0 Å². The SMILES string of the molecule is C[C@H](Sc1nc(Cl)nc2nc[nH]c12)C(=O)N1CCN(c2ccccc2)CC1. The monoisotopic (exact) mass is 402 g/mol. The Hall–Kier alpha value is -2.32. The molecule has 4 rings (SSSR count). The highest BCUT2D eigenvalue weighted by atomic mass is 35.5. The Bertz CT molecular complexity index is 941. The number of amides is 1. The molecule has 1 N–H and O–H groups in total. The fourth-order valence-corrected chi connectivity index (χ4v) is 4.37. The van der Waals surface area contributed by atoms with Crippen molar-refractivity contribution in [1.82, 2.24) is 24.8 Å². The van der Waals surface area contributed by atoms with E-state index in [9.17, 15) is 4.79 Å². The van der Waals surface area contributed by atoms with Crippen LogP contribution in [0.2, 0.25) is 5.28 Å². The minimum Gasteiger partial charge on any atom is -0.368 e. The topological polar surface area (TPSA) is 78.0 Å². The highest BCUT2D eigenvalue weighted by molar-refractivity contribution is 8.00. The molecule has 0 aliphatic carbocycles. The number of carbonyl (C=O) groups excluding carboxylic acids is 1. The minimum absolute atomic E-state index is 0.107. The van der Waals surface area contributed by atoms with Crippen LogP contribution in [-0.2, 0) is 4.79 Å². The van der Waals surface area contributed by atoms with Crippen LogP contribution in [0.5, 0.6) is 0 Å². The van der Waals surface area contributed by atoms with Gasteiger partial charge in [0.1, 0.15) is 10.5 Å². The number of halogens is 1. The Morgan fingerprint density at radius 1 is 1.19 bits per heavy atom. The van der Waals surface area contributed by atoms with Crippen LogP contribution in [0.15, 0.2) is 41.7 Å². The summed E-state index contributed by atoms with van der Waals surface area (Å²) in [5.41, 5.74) is 2.41. The molecule has 9 heteroatoms. The molecule has 7 nitrogen and oxygen atoms in total. The van der Waals surface area contributed by atoms with Crippen LogP contribution in [0.4, 0.5) is 5.69 Å². The molecule has 1 aliphatic rings. The first-order valence-electron chi connectivity index (χ1n) is 8.74. The summed E-state index contributed by atoms with van der Waals surface area (Å²) in [6.45, 7) is 4.98. The molecule has 1 fully saturated rings. The second-order valence-electron chi connectivity index (χ2n) is 6.31. The second kappa shape index (κ2) is 7.74. The number of anilines is 1. The zero-order valence-corrected chi connectivity index (χ0v) is 16.4. The molecular weight excluding hydrogens is 384 g/mol. The summed E-state index contributed by atoms with van der Waals surface area (Å²) in [5.74, 6) is 0.107. The van der Waals surface area contributed by atoms with Gasteiger partial charge in [0.15, 0.2) is 5.65 Å². The maximum atomic E-state index is 12.9. The smallest absolute Gasteiger partial charge is 0.235 e. The molecule has 1 aromatic carbocycles. The van der Waals surface area contributed by atoms with E-state index < -0.39 is 0 Å². The average Bonchev–Trinajstić information content (AvgIpc) is 3.17. The zero-order valence-electron chi connectivity index (χ0n) is 14.8. The lowest BCUT2D eigenvalue weighted by atomic mass is 10.2. The lowest BCUT2D eigenvalue weighted by Crippen LogP contribution is -2.50. The van der Waals surface area contributed by atoms with Crippen molar-refractivity contribution in [3.63, 3.8) is 0 Å². The van der Waals surface area contributed by atoms with Crippen LogP contribution >= 0.6 is 23.4 Å². The van der Waals surface area contributed by atoms with Crippen molar-refractivity contribution in [3.05, 3.63) is 41.9 Å². The van der Waals surface area contributed by atoms with Crippen LogP contribution in [0.1, 0.15) is 6.92 Å². The molecule has 3 heterocycles. The Morgan fingerprint density at radius 3 is 2.67 bits per heavy atom. The van der Waals surface area contributed by atoms with E-state index in [0.717, 1.165) is 13.1 Å². The van der Waals surface area contributed by atoms with E-state index in [1.54, 1.807) is 6.33 Å². The molecule has 0 spiro atoms. The molecule has 3 aromatic rings. The molecule has 0 radical (unpaired) electrons. The lowest BCUT2D eigenvalue weighted by Gasteiger charge is -2.37. The summed E-state index contributed by atoms with van der Waals surface area (Å²) < 4.78 is 0. The summed E-state index contributed by atoms with van der Waals surface area (Å²) in [6, 6.07) is 10.3. The third kappa shape index (κ3) is 3.86. The fourth-order valence-electron chi connectivity index (χ4n) is 3.17. The number of hydrogen-bond acceptors (Lipinski definition) is 6. The Morgan fingerprint density at radius 2 is 1.93 bits per heavy atom. The molecule has 2 aromatic heterocycles. The molecule has 0 unspecified atom stereocenters. The van der Waals surface area contributed by atoms with E-state index in [4.69, 9.17) is 11.6 Å². The molecule has 1 amide bonds. The second-order valence-corrected chi connectivity index (χ2v) is 7.97. The van der Waals surface area contributed by atoms with Crippen LogP contribution in [0.25, 0.3) is 11.2 Å². The first kappa shape index (κ1) is 18.1. The summed E-state index contributed by atoms with van der Waals surface area (Å²) in [6.07, 6.45) is 1.55. The normalized spacial score (nSPS) is 15.9. The van der Waals surface area contributed by atoms with Gasteiger partial charge < -0.3 is 14.8 Å². The van der Waals surface area contributed by atoms with Gasteiger partial charge in [-0.05, 0) is 30.7 Å².